The summed E-state index contributed by atoms with van der Waals surface area (Å²) in [7, 11) is -2.87. The Balaban J connectivity index is 1.59. The number of carbonyl (C=O) groups is 1. The van der Waals surface area contributed by atoms with Gasteiger partial charge in [0.25, 0.3) is 0 Å². The molecule has 2 aliphatic heterocycles. The van der Waals surface area contributed by atoms with Gasteiger partial charge in [0.2, 0.25) is 0 Å². The Kier molecular flexibility index (Phi) is 5.87. The van der Waals surface area contributed by atoms with E-state index in [0.717, 1.165) is 49.2 Å². The van der Waals surface area contributed by atoms with E-state index in [0.29, 0.717) is 18.8 Å². The molecule has 2 amide bonds. The Morgan fingerprint density at radius 2 is 1.73 bits per heavy atom. The van der Waals surface area contributed by atoms with E-state index >= 15 is 0 Å². The molecule has 0 radical (unpaired) electrons. The molecule has 2 saturated heterocycles. The number of carbonyl (C=O) groups excluding carboxylic acids is 1. The van der Waals surface area contributed by atoms with Crippen molar-refractivity contribution in [3.8, 4) is 0 Å². The van der Waals surface area contributed by atoms with E-state index in [1.54, 1.807) is 0 Å². The Labute approximate surface area is 156 Å². The lowest BCUT2D eigenvalue weighted by atomic mass is 10.0. The summed E-state index contributed by atoms with van der Waals surface area (Å²) in [6.45, 7) is 6.95. The molecule has 26 heavy (non-hydrogen) atoms. The van der Waals surface area contributed by atoms with Gasteiger partial charge in [-0.05, 0) is 30.4 Å². The molecule has 0 spiro atoms. The maximum atomic E-state index is 12.7. The minimum atomic E-state index is -2.87. The average molecular weight is 380 g/mol. The van der Waals surface area contributed by atoms with Crippen LogP contribution < -0.4 is 5.32 Å². The number of amides is 2. The van der Waals surface area contributed by atoms with E-state index in [-0.39, 0.29) is 17.8 Å². The molecule has 7 heteroatoms. The number of rotatable bonds is 4. The van der Waals surface area contributed by atoms with Crippen molar-refractivity contribution < 1.29 is 13.2 Å². The van der Waals surface area contributed by atoms with Crippen molar-refractivity contribution >= 4 is 21.6 Å². The van der Waals surface area contributed by atoms with E-state index in [1.807, 2.05) is 11.0 Å². The average Bonchev–Trinajstić information content (AvgIpc) is 3.01. The van der Waals surface area contributed by atoms with Gasteiger partial charge in [-0.3, -0.25) is 4.90 Å². The Hall–Kier alpha value is -1.60. The zero-order valence-electron chi connectivity index (χ0n) is 15.7. The lowest BCUT2D eigenvalue weighted by Crippen LogP contribution is -2.53. The van der Waals surface area contributed by atoms with Gasteiger partial charge in [-0.15, -0.1) is 0 Å². The molecule has 1 aromatic carbocycles. The summed E-state index contributed by atoms with van der Waals surface area (Å²) < 4.78 is 23.4. The summed E-state index contributed by atoms with van der Waals surface area (Å²) in [6, 6.07) is 6.24. The molecule has 2 aliphatic rings. The molecule has 0 aromatic heterocycles. The molecule has 0 saturated carbocycles. The van der Waals surface area contributed by atoms with E-state index in [1.165, 1.54) is 0 Å². The van der Waals surface area contributed by atoms with Crippen LogP contribution in [0.4, 0.5) is 10.5 Å². The maximum absolute atomic E-state index is 12.7. The molecule has 2 heterocycles. The standard InChI is InChI=1S/C19H29N3O3S/c1-3-15-6-5-7-16(4-2)18(15)20-19(23)22-11-9-21(10-12-22)17-8-13-26(24,25)14-17/h5-7,17H,3-4,8-14H2,1-2H3,(H,20,23). The fraction of sp³-hybridized carbons (Fsp3) is 0.632. The molecule has 3 rings (SSSR count). The Morgan fingerprint density at radius 1 is 1.12 bits per heavy atom. The number of piperazine rings is 1. The fourth-order valence-corrected chi connectivity index (χ4v) is 5.70. The fourth-order valence-electron chi connectivity index (χ4n) is 3.94. The van der Waals surface area contributed by atoms with Gasteiger partial charge in [0.15, 0.2) is 9.84 Å². The van der Waals surface area contributed by atoms with E-state index < -0.39 is 9.84 Å². The zero-order chi connectivity index (χ0) is 18.7. The summed E-state index contributed by atoms with van der Waals surface area (Å²) >= 11 is 0. The van der Waals surface area contributed by atoms with Crippen LogP contribution in [0.2, 0.25) is 0 Å². The second-order valence-electron chi connectivity index (χ2n) is 7.17. The number of hydrogen-bond acceptors (Lipinski definition) is 4. The van der Waals surface area contributed by atoms with Crippen molar-refractivity contribution in [3.05, 3.63) is 29.3 Å². The molecule has 1 aromatic rings. The summed E-state index contributed by atoms with van der Waals surface area (Å²) in [5.41, 5.74) is 3.27. The smallest absolute Gasteiger partial charge is 0.321 e. The van der Waals surface area contributed by atoms with Crippen molar-refractivity contribution in [2.75, 3.05) is 43.0 Å². The molecule has 6 nitrogen and oxygen atoms in total. The van der Waals surface area contributed by atoms with E-state index in [9.17, 15) is 13.2 Å². The van der Waals surface area contributed by atoms with Crippen molar-refractivity contribution in [1.82, 2.24) is 9.80 Å². The quantitative estimate of drug-likeness (QED) is 0.870. The largest absolute Gasteiger partial charge is 0.322 e. The lowest BCUT2D eigenvalue weighted by molar-refractivity contribution is 0.121. The second kappa shape index (κ2) is 7.96. The zero-order valence-corrected chi connectivity index (χ0v) is 16.5. The number of anilines is 1. The van der Waals surface area contributed by atoms with E-state index in [2.05, 4.69) is 36.2 Å². The Morgan fingerprint density at radius 3 is 2.23 bits per heavy atom. The summed E-state index contributed by atoms with van der Waals surface area (Å²) in [5.74, 6) is 0.564. The lowest BCUT2D eigenvalue weighted by Gasteiger charge is -2.37. The summed E-state index contributed by atoms with van der Waals surface area (Å²) in [5, 5.41) is 3.12. The highest BCUT2D eigenvalue weighted by atomic mass is 32.2. The third-order valence-electron chi connectivity index (χ3n) is 5.56. The van der Waals surface area contributed by atoms with Gasteiger partial charge in [0.1, 0.15) is 0 Å². The number of nitrogens with one attached hydrogen (secondary N) is 1. The number of sulfone groups is 1. The molecule has 0 aliphatic carbocycles. The van der Waals surface area contributed by atoms with Gasteiger partial charge in [0, 0.05) is 37.9 Å². The van der Waals surface area contributed by atoms with Crippen molar-refractivity contribution in [2.24, 2.45) is 0 Å². The normalized spacial score (nSPS) is 23.2. The summed E-state index contributed by atoms with van der Waals surface area (Å²) in [6.07, 6.45) is 2.49. The van der Waals surface area contributed by atoms with Gasteiger partial charge in [-0.25, -0.2) is 13.2 Å². The van der Waals surface area contributed by atoms with Crippen LogP contribution in [0, 0.1) is 0 Å². The highest BCUT2D eigenvalue weighted by molar-refractivity contribution is 7.91. The van der Waals surface area contributed by atoms with Crippen LogP contribution >= 0.6 is 0 Å². The van der Waals surface area contributed by atoms with E-state index in [4.69, 9.17) is 0 Å². The molecular formula is C19H29N3O3S. The molecule has 1 unspecified atom stereocenters. The van der Waals surface area contributed by atoms with Crippen molar-refractivity contribution in [2.45, 2.75) is 39.2 Å². The second-order valence-corrected chi connectivity index (χ2v) is 9.40. The topological polar surface area (TPSA) is 69.7 Å². The van der Waals surface area contributed by atoms with Crippen LogP contribution in [-0.4, -0.2) is 68.0 Å². The van der Waals surface area contributed by atoms with Crippen molar-refractivity contribution in [1.29, 1.82) is 0 Å². The molecule has 2 fully saturated rings. The number of hydrogen-bond donors (Lipinski definition) is 1. The Bertz CT molecular complexity index is 733. The highest BCUT2D eigenvalue weighted by Crippen LogP contribution is 2.24. The molecule has 1 atom stereocenters. The van der Waals surface area contributed by atoms with Crippen LogP contribution in [0.25, 0.3) is 0 Å². The molecule has 1 N–H and O–H groups in total. The summed E-state index contributed by atoms with van der Waals surface area (Å²) in [4.78, 5) is 16.8. The highest BCUT2D eigenvalue weighted by Gasteiger charge is 2.34. The first-order chi connectivity index (χ1) is 12.4. The van der Waals surface area contributed by atoms with Gasteiger partial charge in [-0.1, -0.05) is 32.0 Å². The van der Waals surface area contributed by atoms with Gasteiger partial charge in [-0.2, -0.15) is 0 Å². The molecule has 144 valence electrons. The van der Waals surface area contributed by atoms with Crippen LogP contribution in [0.15, 0.2) is 18.2 Å². The van der Waals surface area contributed by atoms with Gasteiger partial charge >= 0.3 is 6.03 Å². The van der Waals surface area contributed by atoms with Crippen LogP contribution in [0.3, 0.4) is 0 Å². The number of aryl methyl sites for hydroxylation is 2. The number of para-hydroxylation sites is 1. The third kappa shape index (κ3) is 4.20. The first-order valence-electron chi connectivity index (χ1n) is 9.54. The SMILES string of the molecule is CCc1cccc(CC)c1NC(=O)N1CCN(C2CCS(=O)(=O)C2)CC1. The maximum Gasteiger partial charge on any atom is 0.321 e. The number of nitrogens with zero attached hydrogens (tertiary/aromatic N) is 2. The first kappa shape index (κ1) is 19.2. The molecular weight excluding hydrogens is 350 g/mol. The van der Waals surface area contributed by atoms with Crippen LogP contribution in [-0.2, 0) is 22.7 Å². The molecule has 0 bridgehead atoms. The van der Waals surface area contributed by atoms with Crippen molar-refractivity contribution in [3.63, 3.8) is 0 Å². The monoisotopic (exact) mass is 379 g/mol. The van der Waals surface area contributed by atoms with Gasteiger partial charge in [0.05, 0.1) is 11.5 Å². The van der Waals surface area contributed by atoms with Crippen LogP contribution in [0.5, 0.6) is 0 Å². The third-order valence-corrected chi connectivity index (χ3v) is 7.31. The number of benzene rings is 1. The first-order valence-corrected chi connectivity index (χ1v) is 11.4. The minimum Gasteiger partial charge on any atom is -0.322 e. The number of urea groups is 1. The predicted octanol–water partition coefficient (Wildman–Crippen LogP) is 2.15. The van der Waals surface area contributed by atoms with Gasteiger partial charge < -0.3 is 10.2 Å². The predicted molar refractivity (Wildman–Crippen MR) is 104 cm³/mol. The van der Waals surface area contributed by atoms with Crippen LogP contribution in [0.1, 0.15) is 31.4 Å². The minimum absolute atomic E-state index is 0.0562.